The maximum absolute atomic E-state index is 3.97. The first-order valence-electron chi connectivity index (χ1n) is 3.34. The van der Waals surface area contributed by atoms with Crippen LogP contribution in [0.5, 0.6) is 0 Å². The molecule has 0 unspecified atom stereocenters. The van der Waals surface area contributed by atoms with Gasteiger partial charge in [0.25, 0.3) is 0 Å². The van der Waals surface area contributed by atoms with E-state index < -0.39 is 0 Å². The summed E-state index contributed by atoms with van der Waals surface area (Å²) in [4.78, 5) is 3.97. The van der Waals surface area contributed by atoms with E-state index in [9.17, 15) is 0 Å². The quantitative estimate of drug-likeness (QED) is 0.628. The first-order chi connectivity index (χ1) is 5.88. The number of aliphatic imine (C=N–C) groups is 1. The van der Waals surface area contributed by atoms with Gasteiger partial charge in [-0.3, -0.25) is 0 Å². The minimum atomic E-state index is 0.500. The lowest BCUT2D eigenvalue weighted by atomic mass is 10.3. The normalized spacial score (nSPS) is 10.0. The molecule has 1 heterocycles. The molecule has 0 fully saturated rings. The third-order valence-electron chi connectivity index (χ3n) is 1.17. The monoisotopic (exact) mass is 160 g/mol. The summed E-state index contributed by atoms with van der Waals surface area (Å²) in [6, 6.07) is 0. The van der Waals surface area contributed by atoms with Crippen molar-refractivity contribution < 1.29 is 0 Å². The smallest absolute Gasteiger partial charge is 0.185 e. The highest BCUT2D eigenvalue weighted by Gasteiger charge is 1.96. The fourth-order valence-corrected chi connectivity index (χ4v) is 0.639. The molecule has 12 heavy (non-hydrogen) atoms. The fraction of sp³-hybridized carbons (Fsp3) is 0. The molecule has 1 aromatic rings. The van der Waals surface area contributed by atoms with E-state index in [0.717, 1.165) is 5.56 Å². The van der Waals surface area contributed by atoms with Crippen LogP contribution in [0.3, 0.4) is 0 Å². The highest BCUT2D eigenvalue weighted by molar-refractivity contribution is 5.74. The molecule has 0 saturated carbocycles. The predicted molar refractivity (Wildman–Crippen MR) is 48.3 cm³/mol. The minimum absolute atomic E-state index is 0.500. The van der Waals surface area contributed by atoms with Gasteiger partial charge in [-0.2, -0.15) is 0 Å². The van der Waals surface area contributed by atoms with Gasteiger partial charge in [-0.25, -0.2) is 4.99 Å². The Morgan fingerprint density at radius 3 is 2.92 bits per heavy atom. The van der Waals surface area contributed by atoms with Crippen molar-refractivity contribution in [2.75, 3.05) is 0 Å². The van der Waals surface area contributed by atoms with Gasteiger partial charge in [0.1, 0.15) is 0 Å². The van der Waals surface area contributed by atoms with Crippen molar-refractivity contribution in [1.82, 2.24) is 15.4 Å². The molecule has 0 aliphatic heterocycles. The molecule has 0 atom stereocenters. The lowest BCUT2D eigenvalue weighted by Crippen LogP contribution is -1.88. The van der Waals surface area contributed by atoms with Crippen molar-refractivity contribution in [3.05, 3.63) is 31.0 Å². The lowest BCUT2D eigenvalue weighted by molar-refractivity contribution is 0.862. The van der Waals surface area contributed by atoms with Gasteiger partial charge < -0.3 is 0 Å². The van der Waals surface area contributed by atoms with E-state index in [0.29, 0.717) is 5.82 Å². The van der Waals surface area contributed by atoms with Gasteiger partial charge in [0.15, 0.2) is 5.82 Å². The molecule has 4 heteroatoms. The van der Waals surface area contributed by atoms with Crippen molar-refractivity contribution in [2.45, 2.75) is 0 Å². The van der Waals surface area contributed by atoms with E-state index in [4.69, 9.17) is 0 Å². The van der Waals surface area contributed by atoms with Crippen molar-refractivity contribution in [3.8, 4) is 0 Å². The largest absolute Gasteiger partial charge is 0.235 e. The number of nitrogens with zero attached hydrogens (tertiary/aromatic N) is 4. The number of aromatic nitrogens is 3. The van der Waals surface area contributed by atoms with E-state index in [2.05, 4.69) is 33.6 Å². The topological polar surface area (TPSA) is 51.0 Å². The van der Waals surface area contributed by atoms with Crippen LogP contribution in [-0.2, 0) is 0 Å². The van der Waals surface area contributed by atoms with Crippen LogP contribution in [0.1, 0.15) is 5.56 Å². The minimum Gasteiger partial charge on any atom is -0.235 e. The number of hydrogen-bond acceptors (Lipinski definition) is 4. The zero-order valence-electron chi connectivity index (χ0n) is 6.51. The van der Waals surface area contributed by atoms with Gasteiger partial charge in [0, 0.05) is 11.8 Å². The third kappa shape index (κ3) is 1.82. The fourth-order valence-electron chi connectivity index (χ4n) is 0.639. The Balaban J connectivity index is 3.04. The Hall–Kier alpha value is -1.84. The summed E-state index contributed by atoms with van der Waals surface area (Å²) in [6.45, 7) is 7.08. The molecule has 4 nitrogen and oxygen atoms in total. The van der Waals surface area contributed by atoms with Crippen LogP contribution < -0.4 is 0 Å². The molecule has 60 valence electrons. The molecule has 0 amide bonds. The molecule has 0 radical (unpaired) electrons. The maximum Gasteiger partial charge on any atom is 0.185 e. The third-order valence-corrected chi connectivity index (χ3v) is 1.17. The summed E-state index contributed by atoms with van der Waals surface area (Å²) in [5.41, 5.74) is 0.753. The first kappa shape index (κ1) is 8.26. The summed E-state index contributed by atoms with van der Waals surface area (Å²) >= 11 is 0. The molecule has 0 spiro atoms. The van der Waals surface area contributed by atoms with Crippen LogP contribution >= 0.6 is 0 Å². The summed E-state index contributed by atoms with van der Waals surface area (Å²) < 4.78 is 0. The molecule has 0 aliphatic rings. The average Bonchev–Trinajstić information content (AvgIpc) is 2.15. The Bertz CT molecular complexity index is 317. The van der Waals surface area contributed by atoms with Crippen molar-refractivity contribution in [1.29, 1.82) is 0 Å². The van der Waals surface area contributed by atoms with Gasteiger partial charge in [0.2, 0.25) is 0 Å². The van der Waals surface area contributed by atoms with Crippen LogP contribution in [0.25, 0.3) is 6.08 Å². The van der Waals surface area contributed by atoms with Crippen molar-refractivity contribution >= 4 is 18.1 Å². The first-order valence-corrected chi connectivity index (χ1v) is 3.34. The summed E-state index contributed by atoms with van der Waals surface area (Å²) in [5.74, 6) is 0.500. The predicted octanol–water partition coefficient (Wildman–Crippen LogP) is 1.40. The van der Waals surface area contributed by atoms with Crippen molar-refractivity contribution in [3.63, 3.8) is 0 Å². The number of hydrogen-bond donors (Lipinski definition) is 0. The average molecular weight is 160 g/mol. The van der Waals surface area contributed by atoms with Crippen LogP contribution in [0.15, 0.2) is 30.4 Å². The van der Waals surface area contributed by atoms with Gasteiger partial charge in [-0.1, -0.05) is 25.3 Å². The standard InChI is InChI=1S/C8H8N4/c1-3-5-9-8-7(4-2)6-10-12-11-8/h3-6H,1-2H2. The Labute approximate surface area is 70.4 Å². The molecule has 0 aromatic carbocycles. The SMILES string of the molecule is C=CC=Nc1nnncc1C=C. The van der Waals surface area contributed by atoms with Gasteiger partial charge in [-0.15, -0.1) is 10.2 Å². The van der Waals surface area contributed by atoms with E-state index in [1.165, 1.54) is 6.21 Å². The summed E-state index contributed by atoms with van der Waals surface area (Å²) in [6.07, 6.45) is 6.28. The number of rotatable bonds is 3. The molecule has 0 aliphatic carbocycles. The van der Waals surface area contributed by atoms with Crippen LogP contribution in [0.4, 0.5) is 5.82 Å². The highest BCUT2D eigenvalue weighted by Crippen LogP contribution is 2.12. The Morgan fingerprint density at radius 2 is 2.25 bits per heavy atom. The Kier molecular flexibility index (Phi) is 2.84. The van der Waals surface area contributed by atoms with Crippen LogP contribution in [-0.4, -0.2) is 21.6 Å². The van der Waals surface area contributed by atoms with Crippen LogP contribution in [0, 0.1) is 0 Å². The second-order valence-corrected chi connectivity index (χ2v) is 1.93. The molecule has 0 bridgehead atoms. The maximum atomic E-state index is 3.97. The molecule has 0 saturated heterocycles. The van der Waals surface area contributed by atoms with Crippen molar-refractivity contribution in [2.24, 2.45) is 4.99 Å². The van der Waals surface area contributed by atoms with Gasteiger partial charge in [0.05, 0.1) is 6.20 Å². The van der Waals surface area contributed by atoms with E-state index in [-0.39, 0.29) is 0 Å². The van der Waals surface area contributed by atoms with Gasteiger partial charge in [-0.05, 0) is 5.21 Å². The zero-order valence-corrected chi connectivity index (χ0v) is 6.51. The van der Waals surface area contributed by atoms with E-state index in [1.54, 1.807) is 18.3 Å². The Morgan fingerprint density at radius 1 is 1.42 bits per heavy atom. The second kappa shape index (κ2) is 4.12. The highest BCUT2D eigenvalue weighted by atomic mass is 15.3. The molecular formula is C8H8N4. The molecule has 1 rings (SSSR count). The molecular weight excluding hydrogens is 152 g/mol. The molecule has 0 N–H and O–H groups in total. The lowest BCUT2D eigenvalue weighted by Gasteiger charge is -1.93. The van der Waals surface area contributed by atoms with E-state index >= 15 is 0 Å². The van der Waals surface area contributed by atoms with E-state index in [1.807, 2.05) is 0 Å². The van der Waals surface area contributed by atoms with Gasteiger partial charge >= 0.3 is 0 Å². The second-order valence-electron chi connectivity index (χ2n) is 1.93. The molecule has 1 aromatic heterocycles. The van der Waals surface area contributed by atoms with Crippen LogP contribution in [0.2, 0.25) is 0 Å². The zero-order chi connectivity index (χ0) is 8.81. The summed E-state index contributed by atoms with van der Waals surface area (Å²) in [5, 5.41) is 10.8. The summed E-state index contributed by atoms with van der Waals surface area (Å²) in [7, 11) is 0. The number of allylic oxidation sites excluding steroid dienone is 1.